The number of tetrazole rings is 1. The highest BCUT2D eigenvalue weighted by Crippen LogP contribution is 2.18. The molecule has 2 heterocycles. The highest BCUT2D eigenvalue weighted by Gasteiger charge is 2.30. The summed E-state index contributed by atoms with van der Waals surface area (Å²) in [7, 11) is 1.72. The van der Waals surface area contributed by atoms with Crippen LogP contribution in [0.4, 0.5) is 0 Å². The Morgan fingerprint density at radius 3 is 3.12 bits per heavy atom. The van der Waals surface area contributed by atoms with E-state index in [1.165, 1.54) is 4.80 Å². The van der Waals surface area contributed by atoms with Crippen molar-refractivity contribution in [2.24, 2.45) is 18.7 Å². The largest absolute Gasteiger partial charge is 0.369 e. The van der Waals surface area contributed by atoms with Gasteiger partial charge in [0.2, 0.25) is 5.91 Å². The van der Waals surface area contributed by atoms with Crippen LogP contribution in [0.15, 0.2) is 0 Å². The van der Waals surface area contributed by atoms with Gasteiger partial charge in [0.1, 0.15) is 0 Å². The first kappa shape index (κ1) is 11.0. The Labute approximate surface area is 93.4 Å². The van der Waals surface area contributed by atoms with Crippen molar-refractivity contribution in [3.05, 3.63) is 5.82 Å². The summed E-state index contributed by atoms with van der Waals surface area (Å²) in [5.41, 5.74) is 5.38. The van der Waals surface area contributed by atoms with E-state index in [0.717, 1.165) is 19.4 Å². The quantitative estimate of drug-likeness (QED) is 0.658. The number of nitrogens with zero attached hydrogens (tertiary/aromatic N) is 4. The molecule has 7 nitrogen and oxygen atoms in total. The second kappa shape index (κ2) is 4.56. The van der Waals surface area contributed by atoms with E-state index in [-0.39, 0.29) is 17.9 Å². The molecule has 7 heteroatoms. The summed E-state index contributed by atoms with van der Waals surface area (Å²) in [5.74, 6) is 0.270. The van der Waals surface area contributed by atoms with Gasteiger partial charge in [0, 0.05) is 12.5 Å². The number of primary amides is 1. The van der Waals surface area contributed by atoms with E-state index in [4.69, 9.17) is 5.73 Å². The van der Waals surface area contributed by atoms with Crippen LogP contribution in [0, 0.1) is 5.92 Å². The van der Waals surface area contributed by atoms with Crippen LogP contribution in [0.25, 0.3) is 0 Å². The van der Waals surface area contributed by atoms with Gasteiger partial charge in [0.15, 0.2) is 5.82 Å². The fourth-order valence-corrected chi connectivity index (χ4v) is 2.11. The molecule has 0 radical (unpaired) electrons. The van der Waals surface area contributed by atoms with Crippen LogP contribution in [-0.2, 0) is 18.3 Å². The summed E-state index contributed by atoms with van der Waals surface area (Å²) in [5, 5.41) is 15.1. The molecular weight excluding hydrogens is 208 g/mol. The highest BCUT2D eigenvalue weighted by atomic mass is 16.1. The number of rotatable bonds is 3. The number of nitrogens with two attached hydrogens (primary N) is 1. The molecule has 1 amide bonds. The van der Waals surface area contributed by atoms with E-state index in [1.54, 1.807) is 7.05 Å². The highest BCUT2D eigenvalue weighted by molar-refractivity contribution is 5.77. The van der Waals surface area contributed by atoms with E-state index in [9.17, 15) is 4.79 Å². The van der Waals surface area contributed by atoms with Crippen LogP contribution in [0.5, 0.6) is 0 Å². The predicted molar refractivity (Wildman–Crippen MR) is 56.2 cm³/mol. The van der Waals surface area contributed by atoms with Crippen LogP contribution in [0.2, 0.25) is 0 Å². The van der Waals surface area contributed by atoms with Crippen molar-refractivity contribution < 1.29 is 4.79 Å². The topological polar surface area (TPSA) is 98.7 Å². The summed E-state index contributed by atoms with van der Waals surface area (Å²) in [4.78, 5) is 12.7. The molecule has 2 atom stereocenters. The zero-order valence-electron chi connectivity index (χ0n) is 9.26. The van der Waals surface area contributed by atoms with E-state index < -0.39 is 0 Å². The SMILES string of the molecule is Cn1nnc(CC2NCCCC2C(N)=O)n1. The summed E-state index contributed by atoms with van der Waals surface area (Å²) in [6.45, 7) is 0.911. The van der Waals surface area contributed by atoms with E-state index in [2.05, 4.69) is 20.7 Å². The molecule has 1 fully saturated rings. The maximum Gasteiger partial charge on any atom is 0.222 e. The number of aryl methyl sites for hydroxylation is 1. The van der Waals surface area contributed by atoms with Crippen LogP contribution in [-0.4, -0.2) is 38.7 Å². The Hall–Kier alpha value is -1.50. The number of aromatic nitrogens is 4. The normalized spacial score (nSPS) is 25.6. The number of nitrogens with one attached hydrogen (secondary N) is 1. The minimum Gasteiger partial charge on any atom is -0.369 e. The van der Waals surface area contributed by atoms with Gasteiger partial charge < -0.3 is 11.1 Å². The third-order valence-electron chi connectivity index (χ3n) is 2.90. The fourth-order valence-electron chi connectivity index (χ4n) is 2.11. The molecular formula is C9H16N6O. The summed E-state index contributed by atoms with van der Waals surface area (Å²) >= 11 is 0. The van der Waals surface area contributed by atoms with Gasteiger partial charge in [-0.1, -0.05) is 0 Å². The van der Waals surface area contributed by atoms with E-state index in [0.29, 0.717) is 12.2 Å². The van der Waals surface area contributed by atoms with Gasteiger partial charge >= 0.3 is 0 Å². The average Bonchev–Trinajstić information content (AvgIpc) is 2.64. The first-order valence-electron chi connectivity index (χ1n) is 5.42. The van der Waals surface area contributed by atoms with Gasteiger partial charge in [-0.2, -0.15) is 4.80 Å². The molecule has 2 unspecified atom stereocenters. The Kier molecular flexibility index (Phi) is 3.14. The van der Waals surface area contributed by atoms with Crippen LogP contribution in [0.1, 0.15) is 18.7 Å². The molecule has 1 aromatic rings. The molecule has 1 aliphatic heterocycles. The number of piperidine rings is 1. The van der Waals surface area contributed by atoms with Crippen molar-refractivity contribution in [3.63, 3.8) is 0 Å². The maximum atomic E-state index is 11.3. The molecule has 1 aliphatic rings. The third kappa shape index (κ3) is 2.35. The van der Waals surface area contributed by atoms with Crippen molar-refractivity contribution in [2.45, 2.75) is 25.3 Å². The predicted octanol–water partition coefficient (Wildman–Crippen LogP) is -1.39. The first-order chi connectivity index (χ1) is 7.66. The second-order valence-electron chi connectivity index (χ2n) is 4.11. The van der Waals surface area contributed by atoms with Gasteiger partial charge in [0.25, 0.3) is 0 Å². The number of amides is 1. The van der Waals surface area contributed by atoms with Gasteiger partial charge in [-0.15, -0.1) is 10.2 Å². The summed E-state index contributed by atoms with van der Waals surface area (Å²) < 4.78 is 0. The minimum atomic E-state index is -0.249. The molecule has 0 aliphatic carbocycles. The Bertz CT molecular complexity index is 376. The fraction of sp³-hybridized carbons (Fsp3) is 0.778. The monoisotopic (exact) mass is 224 g/mol. The van der Waals surface area contributed by atoms with Gasteiger partial charge in [-0.3, -0.25) is 4.79 Å². The lowest BCUT2D eigenvalue weighted by molar-refractivity contribution is -0.123. The van der Waals surface area contributed by atoms with Crippen molar-refractivity contribution in [2.75, 3.05) is 6.54 Å². The van der Waals surface area contributed by atoms with Crippen LogP contribution < -0.4 is 11.1 Å². The third-order valence-corrected chi connectivity index (χ3v) is 2.90. The zero-order valence-corrected chi connectivity index (χ0v) is 9.26. The number of carbonyl (C=O) groups is 1. The molecule has 1 saturated heterocycles. The molecule has 88 valence electrons. The number of hydrogen-bond acceptors (Lipinski definition) is 5. The maximum absolute atomic E-state index is 11.3. The molecule has 0 bridgehead atoms. The van der Waals surface area contributed by atoms with Crippen LogP contribution >= 0.6 is 0 Å². The standard InChI is InChI=1S/C9H16N6O/c1-15-13-8(12-14-15)5-7-6(9(10)16)3-2-4-11-7/h6-7,11H,2-5H2,1H3,(H2,10,16). The lowest BCUT2D eigenvalue weighted by atomic mass is 9.88. The Morgan fingerprint density at radius 2 is 2.50 bits per heavy atom. The van der Waals surface area contributed by atoms with E-state index in [1.807, 2.05) is 0 Å². The molecule has 0 spiro atoms. The van der Waals surface area contributed by atoms with Crippen molar-refractivity contribution >= 4 is 5.91 Å². The molecule has 1 aromatic heterocycles. The van der Waals surface area contributed by atoms with Gasteiger partial charge in [-0.25, -0.2) is 0 Å². The van der Waals surface area contributed by atoms with E-state index >= 15 is 0 Å². The average molecular weight is 224 g/mol. The molecule has 3 N–H and O–H groups in total. The van der Waals surface area contributed by atoms with Gasteiger partial charge in [-0.05, 0) is 24.6 Å². The second-order valence-corrected chi connectivity index (χ2v) is 4.11. The summed E-state index contributed by atoms with van der Waals surface area (Å²) in [6, 6.07) is 0.0375. The van der Waals surface area contributed by atoms with Crippen molar-refractivity contribution in [1.82, 2.24) is 25.5 Å². The van der Waals surface area contributed by atoms with Crippen molar-refractivity contribution in [1.29, 1.82) is 0 Å². The molecule has 0 aromatic carbocycles. The smallest absolute Gasteiger partial charge is 0.222 e. The molecule has 0 saturated carbocycles. The summed E-state index contributed by atoms with van der Waals surface area (Å²) in [6.07, 6.45) is 2.42. The number of hydrogen-bond donors (Lipinski definition) is 2. The number of carbonyl (C=O) groups excluding carboxylic acids is 1. The minimum absolute atomic E-state index is 0.0375. The Morgan fingerprint density at radius 1 is 1.69 bits per heavy atom. The lowest BCUT2D eigenvalue weighted by Crippen LogP contribution is -2.48. The molecule has 2 rings (SSSR count). The molecule has 16 heavy (non-hydrogen) atoms. The zero-order chi connectivity index (χ0) is 11.5. The van der Waals surface area contributed by atoms with Crippen LogP contribution in [0.3, 0.4) is 0 Å². The van der Waals surface area contributed by atoms with Crippen molar-refractivity contribution in [3.8, 4) is 0 Å². The van der Waals surface area contributed by atoms with Gasteiger partial charge in [0.05, 0.1) is 13.0 Å². The first-order valence-corrected chi connectivity index (χ1v) is 5.42. The lowest BCUT2D eigenvalue weighted by Gasteiger charge is -2.29. The Balaban J connectivity index is 2.03.